The van der Waals surface area contributed by atoms with Crippen molar-refractivity contribution in [3.63, 3.8) is 0 Å². The number of ether oxygens (including phenoxy) is 5. The van der Waals surface area contributed by atoms with E-state index in [0.717, 1.165) is 18.8 Å². The predicted molar refractivity (Wildman–Crippen MR) is 293 cm³/mol. The minimum atomic E-state index is -0.489. The largest absolute Gasteiger partial charge is 1.00 e. The third kappa shape index (κ3) is 34.7. The van der Waals surface area contributed by atoms with E-state index < -0.39 is 11.9 Å². The molecule has 2 aliphatic rings. The Labute approximate surface area is 608 Å². The molecular weight excluding hydrogens is 1400 g/mol. The molecule has 7 rings (SSSR count). The summed E-state index contributed by atoms with van der Waals surface area (Å²) in [6.45, 7) is 10.2. The number of nitrogens with two attached hydrogens (primary N) is 1. The second-order valence-corrected chi connectivity index (χ2v) is 17.5. The first-order valence-electron chi connectivity index (χ1n) is 23.3. The van der Waals surface area contributed by atoms with Crippen LogP contribution in [0.25, 0.3) is 0 Å². The van der Waals surface area contributed by atoms with E-state index >= 15 is 0 Å². The minimum absolute atomic E-state index is 0. The smallest absolute Gasteiger partial charge is 1.00 e. The summed E-state index contributed by atoms with van der Waals surface area (Å²) in [4.78, 5) is 70.7. The summed E-state index contributed by atoms with van der Waals surface area (Å²) >= 11 is 28.5. The van der Waals surface area contributed by atoms with Crippen molar-refractivity contribution in [2.24, 2.45) is 5.73 Å². The summed E-state index contributed by atoms with van der Waals surface area (Å²) in [6, 6.07) is 16.0. The van der Waals surface area contributed by atoms with Crippen LogP contribution in [0.1, 0.15) is 71.3 Å². The quantitative estimate of drug-likeness (QED) is 0.0160. The number of aliphatic hydroxyl groups is 3. The number of aliphatic hydroxyl groups excluding tert-OH is 3. The molecule has 2 saturated heterocycles. The van der Waals surface area contributed by atoms with Crippen LogP contribution >= 0.6 is 58.0 Å². The molecular formula is C50H63Cl5Cs2N8O15. The van der Waals surface area contributed by atoms with Crippen LogP contribution in [0.4, 0.5) is 17.1 Å². The number of hydrogen-bond acceptors (Lipinski definition) is 23. The fourth-order valence-corrected chi connectivity index (χ4v) is 6.23. The monoisotopic (exact) mass is 1460 g/mol. The van der Waals surface area contributed by atoms with Crippen molar-refractivity contribution in [3.05, 3.63) is 133 Å². The molecule has 0 bridgehead atoms. The number of aldehydes is 1. The van der Waals surface area contributed by atoms with Crippen molar-refractivity contribution >= 4 is 106 Å². The number of halogens is 5. The molecule has 30 heteroatoms. The summed E-state index contributed by atoms with van der Waals surface area (Å²) in [6.07, 6.45) is 6.66. The van der Waals surface area contributed by atoms with Crippen LogP contribution in [0.3, 0.4) is 0 Å². The third-order valence-corrected chi connectivity index (χ3v) is 10.4. The number of anilines is 3. The van der Waals surface area contributed by atoms with Crippen molar-refractivity contribution in [1.82, 2.24) is 19.9 Å². The van der Waals surface area contributed by atoms with Gasteiger partial charge in [0.2, 0.25) is 0 Å². The third-order valence-electron chi connectivity index (χ3n) is 9.30. The maximum Gasteiger partial charge on any atom is 1.00 e. The maximum atomic E-state index is 11.7. The van der Waals surface area contributed by atoms with Gasteiger partial charge in [-0.2, -0.15) is 0 Å². The van der Waals surface area contributed by atoms with E-state index in [1.165, 1.54) is 38.0 Å². The molecule has 1 aromatic carbocycles. The molecule has 2 aliphatic heterocycles. The molecule has 80 heavy (non-hydrogen) atoms. The first kappa shape index (κ1) is 80.1. The predicted octanol–water partition coefficient (Wildman–Crippen LogP) is -0.0511. The Balaban J connectivity index is -0.000000899. The molecule has 0 radical (unpaired) electrons. The molecule has 8 N–H and O–H groups in total. The topological polar surface area (TPSA) is 338 Å². The van der Waals surface area contributed by atoms with Crippen molar-refractivity contribution in [2.45, 2.75) is 64.9 Å². The number of nitrogens with one attached hydrogen (secondary N) is 3. The number of nitrogens with zero attached hydrogens (tertiary/aromatic N) is 4. The fourth-order valence-electron chi connectivity index (χ4n) is 5.32. The van der Waals surface area contributed by atoms with E-state index in [4.69, 9.17) is 108 Å². The van der Waals surface area contributed by atoms with Gasteiger partial charge in [0.1, 0.15) is 26.2 Å². The molecule has 2 atom stereocenters. The van der Waals surface area contributed by atoms with Gasteiger partial charge in [0, 0.05) is 53.8 Å². The number of hydrogen-bond donors (Lipinski definition) is 7. The molecule has 0 aliphatic carbocycles. The first-order valence-corrected chi connectivity index (χ1v) is 25.1. The second kappa shape index (κ2) is 48.3. The SMILES string of the molecule is CC(CO)Nc1cc(Cl)ncc1C=O.CC(CO)Nc1cc(Cl)ncc1CO.CCOC(=O)c1cnc(Cl)cc1Cl.CCOC(=O)c1cnc(Cl)cc1NC1COC1.COC(=O)Cc1ccccc1.NC1COC1.O=CO[O-].[Cs+].[Cs+].[H-]. The van der Waals surface area contributed by atoms with Crippen molar-refractivity contribution in [2.75, 3.05) is 75.9 Å². The number of benzene rings is 1. The van der Waals surface area contributed by atoms with E-state index in [2.05, 4.69) is 45.5 Å². The van der Waals surface area contributed by atoms with Gasteiger partial charge in [-0.25, -0.2) is 29.5 Å². The number of aromatic nitrogens is 4. The van der Waals surface area contributed by atoms with Gasteiger partial charge in [0.05, 0.1) is 107 Å². The zero-order valence-electron chi connectivity index (χ0n) is 46.0. The molecule has 5 aromatic rings. The van der Waals surface area contributed by atoms with Gasteiger partial charge >= 0.3 is 156 Å². The second-order valence-electron chi connectivity index (χ2n) is 15.6. The number of esters is 3. The molecule has 4 aromatic heterocycles. The summed E-state index contributed by atoms with van der Waals surface area (Å²) in [5.41, 5.74) is 9.87. The Hall–Kier alpha value is -1.96. The van der Waals surface area contributed by atoms with Gasteiger partial charge in [-0.15, -0.1) is 0 Å². The van der Waals surface area contributed by atoms with Gasteiger partial charge < -0.3 is 72.3 Å². The average molecular weight is 1460 g/mol. The zero-order chi connectivity index (χ0) is 58.4. The molecule has 2 unspecified atom stereocenters. The van der Waals surface area contributed by atoms with E-state index in [9.17, 15) is 19.2 Å². The number of pyridine rings is 4. The number of carbonyl (C=O) groups is 5. The fraction of sp³-hybridized carbons (Fsp3) is 0.380. The van der Waals surface area contributed by atoms with Crippen molar-refractivity contribution < 1.29 is 212 Å². The van der Waals surface area contributed by atoms with Crippen LogP contribution in [0.5, 0.6) is 0 Å². The minimum Gasteiger partial charge on any atom is -1.00 e. The molecule has 0 amide bonds. The van der Waals surface area contributed by atoms with E-state index in [1.54, 1.807) is 39.0 Å². The van der Waals surface area contributed by atoms with Crippen LogP contribution < -0.4 is 165 Å². The number of rotatable bonds is 17. The normalized spacial score (nSPS) is 12.3. The van der Waals surface area contributed by atoms with E-state index in [0.29, 0.717) is 94.4 Å². The maximum absolute atomic E-state index is 11.7. The number of carbonyl (C=O) groups excluding carboxylic acids is 5. The zero-order valence-corrected chi connectivity index (χ0v) is 61.4. The summed E-state index contributed by atoms with van der Waals surface area (Å²) < 4.78 is 24.0. The average Bonchev–Trinajstić information content (AvgIpc) is 3.40. The van der Waals surface area contributed by atoms with Gasteiger partial charge in [-0.1, -0.05) is 88.3 Å². The molecule has 0 spiro atoms. The molecule has 0 saturated carbocycles. The Morgan fingerprint density at radius 2 is 1.19 bits per heavy atom. The van der Waals surface area contributed by atoms with Crippen LogP contribution in [0.2, 0.25) is 25.6 Å². The van der Waals surface area contributed by atoms with Crippen molar-refractivity contribution in [1.29, 1.82) is 0 Å². The standard InChI is InChI=1S/C11H13ClN2O3.C9H13ClN2O2.C9H11ClN2O2.C9H10O2.C8H7Cl2NO2.C3H7NO.CH2O3.2Cs.H/c1-2-17-11(15)8-4-13-10(12)3-9(8)14-7-5-16-6-7;2*1-6(4-13)12-8-2-9(10)11-3-7(8)5-14;1-11-9(10)7-8-5-3-2-4-6-8;1-2-13-8(12)5-4-11-7(10)3-6(5)9;4-3-1-5-2-3;2-1-4-3;;;/h3-4,7H,2,5-6H2,1H3,(H,13,14);2-3,6,13-14H,4-5H2,1H3,(H,11,12);2-3,5-6,13H,4H2,1H3,(H,11,12);2-6H,7H2,1H3;3-4H,2H2,1H3;3H,1-2,4H2;1,3H;;;/q;;;;;;;2*+1;-1/p-1. The Kier molecular flexibility index (Phi) is 48.4. The van der Waals surface area contributed by atoms with Crippen molar-refractivity contribution in [3.8, 4) is 0 Å². The van der Waals surface area contributed by atoms with Gasteiger partial charge in [0.15, 0.2) is 6.29 Å². The van der Waals surface area contributed by atoms with Gasteiger partial charge in [-0.05, 0) is 57.5 Å². The van der Waals surface area contributed by atoms with Gasteiger partial charge in [0.25, 0.3) is 6.47 Å². The number of methoxy groups -OCH3 is 1. The van der Waals surface area contributed by atoms with Gasteiger partial charge in [-0.3, -0.25) is 14.4 Å². The molecule has 6 heterocycles. The van der Waals surface area contributed by atoms with Crippen LogP contribution in [0, 0.1) is 0 Å². The summed E-state index contributed by atoms with van der Waals surface area (Å²) in [5.74, 6) is -1.09. The first-order chi connectivity index (χ1) is 37.3. The molecule has 23 nitrogen and oxygen atoms in total. The van der Waals surface area contributed by atoms with E-state index in [-0.39, 0.29) is 205 Å². The Morgan fingerprint density at radius 1 is 0.738 bits per heavy atom. The summed E-state index contributed by atoms with van der Waals surface area (Å²) in [7, 11) is 1.39. The van der Waals surface area contributed by atoms with E-state index in [1.807, 2.05) is 37.3 Å². The summed E-state index contributed by atoms with van der Waals surface area (Å²) in [5, 5.41) is 45.8. The van der Waals surface area contributed by atoms with Crippen LogP contribution in [0.15, 0.2) is 79.4 Å². The van der Waals surface area contributed by atoms with Crippen LogP contribution in [-0.4, -0.2) is 150 Å². The Bertz CT molecular complexity index is 2580. The molecule has 430 valence electrons. The Morgan fingerprint density at radius 3 is 1.61 bits per heavy atom. The van der Waals surface area contributed by atoms with Crippen LogP contribution in [-0.2, 0) is 51.2 Å². The molecule has 2 fully saturated rings.